The van der Waals surface area contributed by atoms with Gasteiger partial charge in [0.1, 0.15) is 0 Å². The normalized spacial score (nSPS) is 24.5. The molecule has 0 aromatic carbocycles. The van der Waals surface area contributed by atoms with E-state index in [4.69, 9.17) is 0 Å². The number of aryl methyl sites for hydroxylation is 2. The number of hydrogen-bond acceptors (Lipinski definition) is 2. The van der Waals surface area contributed by atoms with Crippen molar-refractivity contribution in [2.75, 3.05) is 6.54 Å². The van der Waals surface area contributed by atoms with Crippen molar-refractivity contribution < 1.29 is 0 Å². The van der Waals surface area contributed by atoms with Crippen LogP contribution in [0.15, 0.2) is 4.47 Å². The molecule has 1 aromatic heterocycles. The van der Waals surface area contributed by atoms with Gasteiger partial charge in [-0.1, -0.05) is 13.3 Å². The molecule has 2 unspecified atom stereocenters. The van der Waals surface area contributed by atoms with E-state index >= 15 is 0 Å². The minimum Gasteiger partial charge on any atom is -0.314 e. The maximum atomic E-state index is 4.47. The molecule has 1 saturated carbocycles. The molecule has 0 bridgehead atoms. The fourth-order valence-electron chi connectivity index (χ4n) is 2.96. The average molecular weight is 300 g/mol. The Morgan fingerprint density at radius 2 is 2.24 bits per heavy atom. The third kappa shape index (κ3) is 2.74. The highest BCUT2D eigenvalue weighted by atomic mass is 79.9. The SMILES string of the molecule is CCNC1CCCC1Cc1c(Br)c(C)nn1C. The molecule has 0 radical (unpaired) electrons. The molecule has 17 heavy (non-hydrogen) atoms. The molecule has 2 rings (SSSR count). The fourth-order valence-corrected chi connectivity index (χ4v) is 3.46. The highest BCUT2D eigenvalue weighted by Crippen LogP contribution is 2.31. The zero-order chi connectivity index (χ0) is 12.4. The van der Waals surface area contributed by atoms with Crippen LogP contribution in [-0.4, -0.2) is 22.4 Å². The van der Waals surface area contributed by atoms with Crippen LogP contribution < -0.4 is 5.32 Å². The molecule has 1 N–H and O–H groups in total. The number of nitrogens with one attached hydrogen (secondary N) is 1. The first-order chi connectivity index (χ1) is 8.13. The van der Waals surface area contributed by atoms with Crippen LogP contribution in [0.3, 0.4) is 0 Å². The zero-order valence-electron chi connectivity index (χ0n) is 11.0. The number of hydrogen-bond donors (Lipinski definition) is 1. The van der Waals surface area contributed by atoms with Gasteiger partial charge in [-0.05, 0) is 54.6 Å². The molecule has 2 atom stereocenters. The van der Waals surface area contributed by atoms with E-state index < -0.39 is 0 Å². The van der Waals surface area contributed by atoms with Gasteiger partial charge < -0.3 is 5.32 Å². The summed E-state index contributed by atoms with van der Waals surface area (Å²) >= 11 is 3.66. The second kappa shape index (κ2) is 5.53. The summed E-state index contributed by atoms with van der Waals surface area (Å²) in [7, 11) is 2.05. The van der Waals surface area contributed by atoms with Crippen LogP contribution in [0, 0.1) is 12.8 Å². The molecule has 0 spiro atoms. The Morgan fingerprint density at radius 1 is 1.47 bits per heavy atom. The molecule has 0 amide bonds. The third-order valence-electron chi connectivity index (χ3n) is 3.84. The summed E-state index contributed by atoms with van der Waals surface area (Å²) in [5.41, 5.74) is 2.44. The summed E-state index contributed by atoms with van der Waals surface area (Å²) in [4.78, 5) is 0. The molecule has 96 valence electrons. The van der Waals surface area contributed by atoms with E-state index in [1.807, 2.05) is 11.7 Å². The van der Waals surface area contributed by atoms with Crippen molar-refractivity contribution in [1.29, 1.82) is 0 Å². The summed E-state index contributed by atoms with van der Waals surface area (Å²) in [5, 5.41) is 8.09. The third-order valence-corrected chi connectivity index (χ3v) is 4.87. The van der Waals surface area contributed by atoms with E-state index in [0.29, 0.717) is 6.04 Å². The first-order valence-corrected chi connectivity index (χ1v) is 7.34. The van der Waals surface area contributed by atoms with E-state index in [0.717, 1.165) is 24.6 Å². The first-order valence-electron chi connectivity index (χ1n) is 6.54. The summed E-state index contributed by atoms with van der Waals surface area (Å²) in [5.74, 6) is 0.765. The molecular formula is C13H22BrN3. The molecular weight excluding hydrogens is 278 g/mol. The van der Waals surface area contributed by atoms with Crippen molar-refractivity contribution in [2.24, 2.45) is 13.0 Å². The van der Waals surface area contributed by atoms with Gasteiger partial charge in [-0.15, -0.1) is 0 Å². The van der Waals surface area contributed by atoms with Crippen LogP contribution in [0.4, 0.5) is 0 Å². The van der Waals surface area contributed by atoms with Crippen molar-refractivity contribution in [3.05, 3.63) is 15.9 Å². The van der Waals surface area contributed by atoms with E-state index in [9.17, 15) is 0 Å². The number of aromatic nitrogens is 2. The largest absolute Gasteiger partial charge is 0.314 e. The molecule has 1 aliphatic rings. The zero-order valence-corrected chi connectivity index (χ0v) is 12.5. The lowest BCUT2D eigenvalue weighted by Gasteiger charge is -2.20. The number of halogens is 1. The second-order valence-corrected chi connectivity index (χ2v) is 5.82. The predicted molar refractivity (Wildman–Crippen MR) is 74.2 cm³/mol. The smallest absolute Gasteiger partial charge is 0.0738 e. The Kier molecular flexibility index (Phi) is 4.26. The molecule has 4 heteroatoms. The average Bonchev–Trinajstić information content (AvgIpc) is 2.81. The van der Waals surface area contributed by atoms with Gasteiger partial charge in [0.05, 0.1) is 15.9 Å². The summed E-state index contributed by atoms with van der Waals surface area (Å²) in [6, 6.07) is 0.696. The summed E-state index contributed by atoms with van der Waals surface area (Å²) in [6.45, 7) is 5.33. The van der Waals surface area contributed by atoms with Crippen LogP contribution in [-0.2, 0) is 13.5 Å². The summed E-state index contributed by atoms with van der Waals surface area (Å²) in [6.07, 6.45) is 5.16. The first kappa shape index (κ1) is 13.1. The highest BCUT2D eigenvalue weighted by molar-refractivity contribution is 9.10. The van der Waals surface area contributed by atoms with E-state index in [1.54, 1.807) is 0 Å². The van der Waals surface area contributed by atoms with Gasteiger partial charge in [-0.25, -0.2) is 0 Å². The van der Waals surface area contributed by atoms with E-state index in [-0.39, 0.29) is 0 Å². The van der Waals surface area contributed by atoms with E-state index in [2.05, 4.69) is 40.2 Å². The Labute approximate surface area is 112 Å². The molecule has 1 aromatic rings. The van der Waals surface area contributed by atoms with Gasteiger partial charge in [0.15, 0.2) is 0 Å². The van der Waals surface area contributed by atoms with Crippen LogP contribution in [0.1, 0.15) is 37.6 Å². The lowest BCUT2D eigenvalue weighted by atomic mass is 9.97. The lowest BCUT2D eigenvalue weighted by molar-refractivity contribution is 0.398. The molecule has 3 nitrogen and oxygen atoms in total. The second-order valence-electron chi connectivity index (χ2n) is 5.03. The van der Waals surface area contributed by atoms with Crippen LogP contribution in [0.25, 0.3) is 0 Å². The van der Waals surface area contributed by atoms with Crippen LogP contribution in [0.2, 0.25) is 0 Å². The van der Waals surface area contributed by atoms with Crippen molar-refractivity contribution >= 4 is 15.9 Å². The number of nitrogens with zero attached hydrogens (tertiary/aromatic N) is 2. The van der Waals surface area contributed by atoms with E-state index in [1.165, 1.54) is 29.4 Å². The quantitative estimate of drug-likeness (QED) is 0.926. The number of rotatable bonds is 4. The van der Waals surface area contributed by atoms with Gasteiger partial charge in [-0.2, -0.15) is 5.10 Å². The fraction of sp³-hybridized carbons (Fsp3) is 0.769. The van der Waals surface area contributed by atoms with Crippen LogP contribution >= 0.6 is 15.9 Å². The standard InChI is InChI=1S/C13H22BrN3/c1-4-15-11-7-5-6-10(11)8-12-13(14)9(2)16-17(12)3/h10-11,15H,4-8H2,1-3H3. The molecule has 1 aliphatic carbocycles. The highest BCUT2D eigenvalue weighted by Gasteiger charge is 2.28. The van der Waals surface area contributed by atoms with Crippen molar-refractivity contribution in [3.8, 4) is 0 Å². The Balaban J connectivity index is 2.09. The maximum Gasteiger partial charge on any atom is 0.0738 e. The van der Waals surface area contributed by atoms with Gasteiger partial charge in [-0.3, -0.25) is 4.68 Å². The summed E-state index contributed by atoms with van der Waals surface area (Å²) < 4.78 is 3.22. The Bertz CT molecular complexity index is 386. The van der Waals surface area contributed by atoms with Crippen molar-refractivity contribution in [1.82, 2.24) is 15.1 Å². The van der Waals surface area contributed by atoms with Gasteiger partial charge in [0.2, 0.25) is 0 Å². The maximum absolute atomic E-state index is 4.47. The van der Waals surface area contributed by atoms with Crippen molar-refractivity contribution in [3.63, 3.8) is 0 Å². The monoisotopic (exact) mass is 299 g/mol. The van der Waals surface area contributed by atoms with Gasteiger partial charge in [0.25, 0.3) is 0 Å². The molecule has 1 heterocycles. The van der Waals surface area contributed by atoms with Gasteiger partial charge >= 0.3 is 0 Å². The minimum atomic E-state index is 0.696. The van der Waals surface area contributed by atoms with Gasteiger partial charge in [0, 0.05) is 13.1 Å². The lowest BCUT2D eigenvalue weighted by Crippen LogP contribution is -2.33. The molecule has 1 fully saturated rings. The molecule has 0 aliphatic heterocycles. The van der Waals surface area contributed by atoms with Crippen LogP contribution in [0.5, 0.6) is 0 Å². The Hall–Kier alpha value is -0.350. The van der Waals surface area contributed by atoms with Crippen molar-refractivity contribution in [2.45, 2.75) is 45.6 Å². The Morgan fingerprint density at radius 3 is 2.82 bits per heavy atom. The molecule has 0 saturated heterocycles. The predicted octanol–water partition coefficient (Wildman–Crippen LogP) is 2.81. The topological polar surface area (TPSA) is 29.9 Å². The minimum absolute atomic E-state index is 0.696.